The van der Waals surface area contributed by atoms with Gasteiger partial charge in [0.1, 0.15) is 30.0 Å². The van der Waals surface area contributed by atoms with Gasteiger partial charge in [-0.15, -0.1) is 0 Å². The van der Waals surface area contributed by atoms with Crippen LogP contribution in [0, 0.1) is 5.82 Å². The Morgan fingerprint density at radius 3 is 2.89 bits per heavy atom. The molecular weight excluding hydrogens is 477 g/mol. The van der Waals surface area contributed by atoms with Crippen LogP contribution in [-0.4, -0.2) is 30.4 Å². The van der Waals surface area contributed by atoms with Crippen LogP contribution in [0.4, 0.5) is 10.1 Å². The summed E-state index contributed by atoms with van der Waals surface area (Å²) in [7, 11) is 0. The number of halogens is 1. The number of pyridine rings is 1. The average molecular weight is 500 g/mol. The lowest BCUT2D eigenvalue weighted by atomic mass is 9.96. The monoisotopic (exact) mass is 499 g/mol. The van der Waals surface area contributed by atoms with Crippen molar-refractivity contribution in [2.24, 2.45) is 0 Å². The molecule has 1 aromatic carbocycles. The van der Waals surface area contributed by atoms with Crippen LogP contribution in [-0.2, 0) is 24.3 Å². The Morgan fingerprint density at radius 2 is 2.11 bits per heavy atom. The van der Waals surface area contributed by atoms with Gasteiger partial charge in [-0.2, -0.15) is 0 Å². The van der Waals surface area contributed by atoms with Crippen molar-refractivity contribution in [3.8, 4) is 11.5 Å². The van der Waals surface area contributed by atoms with E-state index in [0.717, 1.165) is 22.2 Å². The standard InChI is InChI=1S/C26H22FN7O3/c27-17-3-1-15(2-4-17)19-5-6-21-24(32-19)26(36)34(25(33-21)22-13-37-14-30-22)12-23(35)29-11-18-9-16-10-28-8-7-20(16)31-18/h1-4,7-10,13-14,19,31-32H,5-6,11-12H2,(H,29,35). The molecule has 0 fully saturated rings. The topological polar surface area (TPSA) is 131 Å². The first-order chi connectivity index (χ1) is 18.0. The second kappa shape index (κ2) is 9.34. The van der Waals surface area contributed by atoms with Gasteiger partial charge in [-0.3, -0.25) is 19.1 Å². The fourth-order valence-corrected chi connectivity index (χ4v) is 4.58. The van der Waals surface area contributed by atoms with Gasteiger partial charge in [-0.25, -0.2) is 14.4 Å². The first-order valence-electron chi connectivity index (χ1n) is 11.8. The maximum Gasteiger partial charge on any atom is 0.277 e. The van der Waals surface area contributed by atoms with Crippen molar-refractivity contribution in [2.45, 2.75) is 32.0 Å². The largest absolute Gasteiger partial charge is 0.451 e. The van der Waals surface area contributed by atoms with E-state index in [1.807, 2.05) is 12.1 Å². The predicted molar refractivity (Wildman–Crippen MR) is 133 cm³/mol. The molecule has 1 atom stereocenters. The Kier molecular flexibility index (Phi) is 5.72. The Labute approximate surface area is 209 Å². The zero-order valence-electron chi connectivity index (χ0n) is 19.6. The number of benzene rings is 1. The summed E-state index contributed by atoms with van der Waals surface area (Å²) in [5.41, 5.74) is 3.48. The molecule has 0 saturated heterocycles. The number of carbonyl (C=O) groups is 1. The van der Waals surface area contributed by atoms with Crippen LogP contribution in [0.2, 0.25) is 0 Å². The second-order valence-corrected chi connectivity index (χ2v) is 8.84. The molecule has 1 aliphatic rings. The van der Waals surface area contributed by atoms with Crippen LogP contribution in [0.15, 0.2) is 70.7 Å². The van der Waals surface area contributed by atoms with Crippen LogP contribution in [0.25, 0.3) is 22.4 Å². The highest BCUT2D eigenvalue weighted by Crippen LogP contribution is 2.31. The molecule has 6 rings (SSSR count). The normalized spacial score (nSPS) is 14.8. The zero-order valence-corrected chi connectivity index (χ0v) is 19.6. The molecule has 0 saturated carbocycles. The highest BCUT2D eigenvalue weighted by Gasteiger charge is 2.27. The van der Waals surface area contributed by atoms with Crippen LogP contribution in [0.5, 0.6) is 0 Å². The summed E-state index contributed by atoms with van der Waals surface area (Å²) in [5.74, 6) is -0.431. The van der Waals surface area contributed by atoms with E-state index in [2.05, 4.69) is 30.6 Å². The molecule has 37 heavy (non-hydrogen) atoms. The molecule has 3 N–H and O–H groups in total. The third-order valence-electron chi connectivity index (χ3n) is 6.42. The molecule has 1 aliphatic heterocycles. The number of anilines is 1. The van der Waals surface area contributed by atoms with E-state index in [-0.39, 0.29) is 42.2 Å². The number of H-pyrrole nitrogens is 1. The summed E-state index contributed by atoms with van der Waals surface area (Å²) in [6, 6.07) is 9.77. The molecular formula is C26H22FN7O3. The number of amides is 1. The fraction of sp³-hybridized carbons (Fsp3) is 0.192. The summed E-state index contributed by atoms with van der Waals surface area (Å²) in [5, 5.41) is 7.05. The summed E-state index contributed by atoms with van der Waals surface area (Å²) in [6.07, 6.45) is 7.28. The number of oxazole rings is 1. The summed E-state index contributed by atoms with van der Waals surface area (Å²) in [6.45, 7) is -0.00317. The zero-order chi connectivity index (χ0) is 25.4. The lowest BCUT2D eigenvalue weighted by Gasteiger charge is -2.27. The average Bonchev–Trinajstić information content (AvgIpc) is 3.59. The van der Waals surface area contributed by atoms with Gasteiger partial charge < -0.3 is 20.0 Å². The van der Waals surface area contributed by atoms with Crippen LogP contribution in [0.3, 0.4) is 0 Å². The van der Waals surface area contributed by atoms with Crippen molar-refractivity contribution >= 4 is 22.5 Å². The first-order valence-corrected chi connectivity index (χ1v) is 11.8. The molecule has 0 spiro atoms. The Morgan fingerprint density at radius 1 is 1.24 bits per heavy atom. The van der Waals surface area contributed by atoms with E-state index < -0.39 is 0 Å². The minimum atomic E-state index is -0.387. The van der Waals surface area contributed by atoms with Gasteiger partial charge in [0.2, 0.25) is 5.91 Å². The number of aromatic nitrogens is 5. The van der Waals surface area contributed by atoms with E-state index in [9.17, 15) is 14.0 Å². The van der Waals surface area contributed by atoms with Crippen LogP contribution < -0.4 is 16.2 Å². The summed E-state index contributed by atoms with van der Waals surface area (Å²) in [4.78, 5) is 42.7. The smallest absolute Gasteiger partial charge is 0.277 e. The molecule has 10 nitrogen and oxygen atoms in total. The SMILES string of the molecule is O=C(Cn1c(-c2cocn2)nc2c(c1=O)NC(c1ccc(F)cc1)CC2)NCc1cc2cnccc2[nH]1. The third kappa shape index (κ3) is 4.46. The van der Waals surface area contributed by atoms with Gasteiger partial charge >= 0.3 is 0 Å². The molecule has 5 aromatic rings. The van der Waals surface area contributed by atoms with E-state index >= 15 is 0 Å². The summed E-state index contributed by atoms with van der Waals surface area (Å²) < 4.78 is 19.8. The molecule has 4 aromatic heterocycles. The number of aromatic amines is 1. The van der Waals surface area contributed by atoms with E-state index in [4.69, 9.17) is 4.42 Å². The van der Waals surface area contributed by atoms with Crippen molar-refractivity contribution in [1.29, 1.82) is 0 Å². The van der Waals surface area contributed by atoms with Crippen molar-refractivity contribution in [1.82, 2.24) is 29.8 Å². The lowest BCUT2D eigenvalue weighted by Crippen LogP contribution is -2.36. The molecule has 186 valence electrons. The number of nitrogens with zero attached hydrogens (tertiary/aromatic N) is 4. The maximum absolute atomic E-state index is 13.6. The number of fused-ring (bicyclic) bond motifs is 2. The van der Waals surface area contributed by atoms with Gasteiger partial charge in [-0.1, -0.05) is 12.1 Å². The Bertz CT molecular complexity index is 1610. The Balaban J connectivity index is 1.28. The number of hydrogen-bond donors (Lipinski definition) is 3. The lowest BCUT2D eigenvalue weighted by molar-refractivity contribution is -0.121. The van der Waals surface area contributed by atoms with Gasteiger partial charge in [0.25, 0.3) is 5.56 Å². The highest BCUT2D eigenvalue weighted by molar-refractivity contribution is 5.80. The van der Waals surface area contributed by atoms with Crippen molar-refractivity contribution in [3.63, 3.8) is 0 Å². The quantitative estimate of drug-likeness (QED) is 0.327. The third-order valence-corrected chi connectivity index (χ3v) is 6.42. The van der Waals surface area contributed by atoms with E-state index in [0.29, 0.717) is 29.9 Å². The molecule has 1 amide bonds. The number of carbonyl (C=O) groups excluding carboxylic acids is 1. The minimum Gasteiger partial charge on any atom is -0.451 e. The molecule has 11 heteroatoms. The summed E-state index contributed by atoms with van der Waals surface area (Å²) >= 11 is 0. The minimum absolute atomic E-state index is 0.181. The fourth-order valence-electron chi connectivity index (χ4n) is 4.58. The molecule has 0 aliphatic carbocycles. The predicted octanol–water partition coefficient (Wildman–Crippen LogP) is 3.33. The molecule has 1 unspecified atom stereocenters. The number of hydrogen-bond acceptors (Lipinski definition) is 7. The number of rotatable bonds is 6. The van der Waals surface area contributed by atoms with E-state index in [1.165, 1.54) is 29.4 Å². The highest BCUT2D eigenvalue weighted by atomic mass is 19.1. The van der Waals surface area contributed by atoms with Gasteiger partial charge in [0.15, 0.2) is 12.2 Å². The maximum atomic E-state index is 13.6. The Hall–Kier alpha value is -4.80. The van der Waals surface area contributed by atoms with Crippen molar-refractivity contribution in [2.75, 3.05) is 5.32 Å². The van der Waals surface area contributed by atoms with Gasteiger partial charge in [-0.05, 0) is 42.7 Å². The van der Waals surface area contributed by atoms with Gasteiger partial charge in [0, 0.05) is 29.0 Å². The first kappa shape index (κ1) is 22.7. The van der Waals surface area contributed by atoms with Crippen molar-refractivity contribution < 1.29 is 13.6 Å². The van der Waals surface area contributed by atoms with Crippen molar-refractivity contribution in [3.05, 3.63) is 94.6 Å². The molecule has 0 bridgehead atoms. The van der Waals surface area contributed by atoms with Crippen LogP contribution in [0.1, 0.15) is 29.4 Å². The van der Waals surface area contributed by atoms with E-state index in [1.54, 1.807) is 24.5 Å². The van der Waals surface area contributed by atoms with Gasteiger partial charge in [0.05, 0.1) is 18.3 Å². The second-order valence-electron chi connectivity index (χ2n) is 8.84. The molecule has 5 heterocycles. The molecule has 0 radical (unpaired) electrons. The van der Waals surface area contributed by atoms with Crippen LogP contribution >= 0.6 is 0 Å². The number of nitrogens with one attached hydrogen (secondary N) is 3. The number of aryl methyl sites for hydroxylation is 1.